The molecule has 8 aromatic heterocycles. The summed E-state index contributed by atoms with van der Waals surface area (Å²) in [4.78, 5) is 33.6. The monoisotopic (exact) mass is 970 g/mol. The summed E-state index contributed by atoms with van der Waals surface area (Å²) < 4.78 is 39.8. The van der Waals surface area contributed by atoms with E-state index < -0.39 is 11.9 Å². The standard InChI is InChI=1S/C24H18FN9O.C19H16FN5O.C5H3ClN4/c1-12(31-23-16(10-26)22(27)29-11-30-23)21-20(18-5-3-4-8-28-18)19(24-34-33-13(2)35-24)15-9-14(25)6-7-17(15)32-21;1-10(21)18-17(15-5-3-4-8-22-15)16(19-25-24-11(2)26-19)13-9-12(20)6-7-14(13)23-18;6-4-3(1-7)5(8)10-2-9-4/h3-9,11-12H,1-2H3,(H3,27,29,30,31);3-10H,21H2,1-2H3;2H,(H2,8,9,10). The average Bonchev–Trinajstić information content (AvgIpc) is 4.01. The van der Waals surface area contributed by atoms with Crippen molar-refractivity contribution in [3.63, 3.8) is 0 Å². The van der Waals surface area contributed by atoms with Crippen molar-refractivity contribution in [3.8, 4) is 57.6 Å². The zero-order chi connectivity index (χ0) is 50.3. The molecule has 71 heavy (non-hydrogen) atoms. The number of rotatable bonds is 8. The van der Waals surface area contributed by atoms with Gasteiger partial charge in [-0.2, -0.15) is 10.5 Å². The van der Waals surface area contributed by atoms with Gasteiger partial charge in [0, 0.05) is 54.2 Å². The molecule has 0 aliphatic rings. The molecule has 23 heteroatoms. The lowest BCUT2D eigenvalue weighted by molar-refractivity contribution is 0.532. The molecule has 0 aliphatic heterocycles. The highest BCUT2D eigenvalue weighted by atomic mass is 35.5. The Bertz CT molecular complexity index is 3640. The van der Waals surface area contributed by atoms with Crippen LogP contribution in [-0.4, -0.2) is 60.3 Å². The fourth-order valence-corrected chi connectivity index (χ4v) is 7.49. The maximum Gasteiger partial charge on any atom is 0.249 e. The van der Waals surface area contributed by atoms with Crippen LogP contribution in [-0.2, 0) is 0 Å². The van der Waals surface area contributed by atoms with Crippen LogP contribution >= 0.6 is 11.6 Å². The molecular weight excluding hydrogens is 934 g/mol. The number of aryl methyl sites for hydroxylation is 2. The minimum atomic E-state index is -0.495. The van der Waals surface area contributed by atoms with E-state index in [2.05, 4.69) is 60.6 Å². The Balaban J connectivity index is 0.000000164. The van der Waals surface area contributed by atoms with E-state index in [1.807, 2.05) is 50.2 Å². The molecule has 0 saturated heterocycles. The first-order valence-corrected chi connectivity index (χ1v) is 21.5. The molecule has 10 rings (SSSR count). The molecule has 7 N–H and O–H groups in total. The Hall–Kier alpha value is -9.51. The van der Waals surface area contributed by atoms with Crippen LogP contribution in [0.2, 0.25) is 5.15 Å². The van der Waals surface area contributed by atoms with Crippen LogP contribution in [0, 0.1) is 48.1 Å². The second-order valence-corrected chi connectivity index (χ2v) is 15.6. The third kappa shape index (κ3) is 10.2. The second-order valence-electron chi connectivity index (χ2n) is 15.3. The second kappa shape index (κ2) is 20.8. The number of nitrogen functional groups attached to an aromatic ring is 2. The Morgan fingerprint density at radius 3 is 1.55 bits per heavy atom. The Morgan fingerprint density at radius 1 is 0.620 bits per heavy atom. The molecule has 20 nitrogen and oxygen atoms in total. The first-order chi connectivity index (χ1) is 34.3. The van der Waals surface area contributed by atoms with Crippen molar-refractivity contribution in [1.29, 1.82) is 10.5 Å². The molecule has 0 bridgehead atoms. The van der Waals surface area contributed by atoms with Crippen LogP contribution in [0.4, 0.5) is 26.2 Å². The third-order valence-electron chi connectivity index (χ3n) is 10.4. The predicted molar refractivity (Wildman–Crippen MR) is 258 cm³/mol. The average molecular weight is 971 g/mol. The smallest absolute Gasteiger partial charge is 0.249 e. The maximum absolute atomic E-state index is 14.4. The molecule has 0 aliphatic carbocycles. The molecule has 10 aromatic rings. The van der Waals surface area contributed by atoms with Crippen molar-refractivity contribution >= 4 is 50.9 Å². The lowest BCUT2D eigenvalue weighted by Crippen LogP contribution is -2.14. The SMILES string of the molecule is Cc1nnc(-c2c(-c3ccccn3)c(C(C)N)nc3ccc(F)cc23)o1.Cc1nnc(-c2c(-c3ccccn3)c(C(C)Nc3ncnc(N)c3C#N)nc3ccc(F)cc23)o1.N#Cc1c(N)ncnc1Cl. The van der Waals surface area contributed by atoms with E-state index in [-0.39, 0.29) is 57.4 Å². The van der Waals surface area contributed by atoms with Gasteiger partial charge in [-0.1, -0.05) is 23.7 Å². The minimum Gasteiger partial charge on any atom is -0.421 e. The number of nitrogens with one attached hydrogen (secondary N) is 1. The van der Waals surface area contributed by atoms with Crippen LogP contribution in [0.15, 0.2) is 107 Å². The summed E-state index contributed by atoms with van der Waals surface area (Å²) in [6, 6.07) is 22.6. The maximum atomic E-state index is 14.4. The number of fused-ring (bicyclic) bond motifs is 2. The fraction of sp³-hybridized carbons (Fsp3) is 0.125. The molecule has 0 amide bonds. The molecule has 0 saturated carbocycles. The zero-order valence-electron chi connectivity index (χ0n) is 37.8. The highest BCUT2D eigenvalue weighted by molar-refractivity contribution is 6.30. The lowest BCUT2D eigenvalue weighted by Gasteiger charge is -2.21. The Kier molecular flexibility index (Phi) is 14.0. The Morgan fingerprint density at radius 2 is 1.11 bits per heavy atom. The van der Waals surface area contributed by atoms with E-state index in [1.165, 1.54) is 36.9 Å². The first-order valence-electron chi connectivity index (χ1n) is 21.1. The van der Waals surface area contributed by atoms with E-state index in [0.717, 1.165) is 0 Å². The molecule has 0 spiro atoms. The number of hydrogen-bond donors (Lipinski definition) is 4. The van der Waals surface area contributed by atoms with Crippen molar-refractivity contribution in [1.82, 2.24) is 60.3 Å². The van der Waals surface area contributed by atoms with Crippen molar-refractivity contribution in [2.24, 2.45) is 5.73 Å². The van der Waals surface area contributed by atoms with Crippen LogP contribution in [0.25, 0.3) is 67.2 Å². The van der Waals surface area contributed by atoms with Gasteiger partial charge in [-0.05, 0) is 74.5 Å². The van der Waals surface area contributed by atoms with Gasteiger partial charge >= 0.3 is 0 Å². The Labute approximate surface area is 406 Å². The van der Waals surface area contributed by atoms with Crippen LogP contribution < -0.4 is 22.5 Å². The molecular formula is C48H37ClF2N18O2. The third-order valence-corrected chi connectivity index (χ3v) is 10.7. The van der Waals surface area contributed by atoms with E-state index in [0.29, 0.717) is 78.6 Å². The fourth-order valence-electron chi connectivity index (χ4n) is 7.30. The quantitative estimate of drug-likeness (QED) is 0.103. The number of nitrogens with two attached hydrogens (primary N) is 3. The van der Waals surface area contributed by atoms with Gasteiger partial charge in [0.25, 0.3) is 0 Å². The van der Waals surface area contributed by atoms with Gasteiger partial charge in [-0.25, -0.2) is 33.7 Å². The van der Waals surface area contributed by atoms with Gasteiger partial charge in [0.05, 0.1) is 51.0 Å². The van der Waals surface area contributed by atoms with Gasteiger partial charge in [-0.15, -0.1) is 20.4 Å². The highest BCUT2D eigenvalue weighted by Crippen LogP contribution is 2.42. The minimum absolute atomic E-state index is 0.0612. The van der Waals surface area contributed by atoms with Crippen molar-refractivity contribution in [3.05, 3.63) is 149 Å². The van der Waals surface area contributed by atoms with Gasteiger partial charge < -0.3 is 31.4 Å². The van der Waals surface area contributed by atoms with Crippen molar-refractivity contribution in [2.45, 2.75) is 39.8 Å². The summed E-state index contributed by atoms with van der Waals surface area (Å²) in [7, 11) is 0. The topological polar surface area (TPSA) is 319 Å². The number of anilines is 3. The first kappa shape index (κ1) is 48.0. The summed E-state index contributed by atoms with van der Waals surface area (Å²) >= 11 is 5.48. The molecule has 2 unspecified atom stereocenters. The predicted octanol–water partition coefficient (Wildman–Crippen LogP) is 8.61. The number of nitriles is 2. The largest absolute Gasteiger partial charge is 0.421 e. The summed E-state index contributed by atoms with van der Waals surface area (Å²) in [5.74, 6) is 0.882. The number of benzene rings is 2. The summed E-state index contributed by atoms with van der Waals surface area (Å²) in [5.41, 5.74) is 23.4. The van der Waals surface area contributed by atoms with Crippen molar-refractivity contribution < 1.29 is 17.6 Å². The molecule has 352 valence electrons. The van der Waals surface area contributed by atoms with Gasteiger partial charge in [0.2, 0.25) is 23.6 Å². The molecule has 0 radical (unpaired) electrons. The van der Waals surface area contributed by atoms with E-state index in [1.54, 1.807) is 50.5 Å². The normalized spacial score (nSPS) is 11.6. The summed E-state index contributed by atoms with van der Waals surface area (Å²) in [5, 5.41) is 38.5. The zero-order valence-corrected chi connectivity index (χ0v) is 38.6. The molecule has 0 fully saturated rings. The van der Waals surface area contributed by atoms with Gasteiger partial charge in [0.15, 0.2) is 5.15 Å². The summed E-state index contributed by atoms with van der Waals surface area (Å²) in [6.07, 6.45) is 5.81. The number of halogens is 3. The van der Waals surface area contributed by atoms with Crippen LogP contribution in [0.3, 0.4) is 0 Å². The van der Waals surface area contributed by atoms with Crippen LogP contribution in [0.5, 0.6) is 0 Å². The number of aromatic nitrogens is 12. The van der Waals surface area contributed by atoms with Gasteiger partial charge in [-0.3, -0.25) is 15.0 Å². The molecule has 8 heterocycles. The number of hydrogen-bond acceptors (Lipinski definition) is 20. The van der Waals surface area contributed by atoms with Crippen LogP contribution in [0.1, 0.15) is 60.2 Å². The number of nitrogens with zero attached hydrogens (tertiary/aromatic N) is 14. The highest BCUT2D eigenvalue weighted by Gasteiger charge is 2.28. The lowest BCUT2D eigenvalue weighted by atomic mass is 9.94. The number of pyridine rings is 4. The summed E-state index contributed by atoms with van der Waals surface area (Å²) in [6.45, 7) is 7.07. The molecule has 2 aromatic carbocycles. The van der Waals surface area contributed by atoms with E-state index in [4.69, 9.17) is 47.9 Å². The van der Waals surface area contributed by atoms with E-state index >= 15 is 0 Å². The van der Waals surface area contributed by atoms with Crippen molar-refractivity contribution in [2.75, 3.05) is 16.8 Å². The molecule has 2 atom stereocenters. The van der Waals surface area contributed by atoms with Gasteiger partial charge in [0.1, 0.15) is 65.0 Å². The van der Waals surface area contributed by atoms with E-state index in [9.17, 15) is 14.0 Å².